The number of anilines is 1. The zero-order valence-electron chi connectivity index (χ0n) is 9.93. The van der Waals surface area contributed by atoms with Crippen LogP contribution in [0.25, 0.3) is 0 Å². The zero-order valence-corrected chi connectivity index (χ0v) is 11.5. The van der Waals surface area contributed by atoms with E-state index in [0.29, 0.717) is 10.5 Å². The van der Waals surface area contributed by atoms with Gasteiger partial charge in [0.15, 0.2) is 0 Å². The van der Waals surface area contributed by atoms with Crippen LogP contribution in [0, 0.1) is 11.6 Å². The molecule has 98 valence electrons. The maximum absolute atomic E-state index is 13.8. The van der Waals surface area contributed by atoms with Crippen LogP contribution in [-0.4, -0.2) is 30.1 Å². The smallest absolute Gasteiger partial charge is 0.150 e. The lowest BCUT2D eigenvalue weighted by Gasteiger charge is -2.22. The Labute approximate surface area is 113 Å². The molecule has 2 fully saturated rings. The van der Waals surface area contributed by atoms with E-state index >= 15 is 0 Å². The van der Waals surface area contributed by atoms with Crippen LogP contribution in [0.2, 0.25) is 0 Å². The lowest BCUT2D eigenvalue weighted by atomic mass is 10.1. The van der Waals surface area contributed by atoms with Gasteiger partial charge in [0.25, 0.3) is 0 Å². The maximum Gasteiger partial charge on any atom is 0.150 e. The molecular weight excluding hydrogens is 302 g/mol. The molecule has 0 radical (unpaired) electrons. The summed E-state index contributed by atoms with van der Waals surface area (Å²) in [6.07, 6.45) is 3.27. The van der Waals surface area contributed by atoms with Gasteiger partial charge >= 0.3 is 0 Å². The van der Waals surface area contributed by atoms with Gasteiger partial charge < -0.3 is 5.32 Å². The van der Waals surface area contributed by atoms with E-state index in [1.54, 1.807) is 0 Å². The van der Waals surface area contributed by atoms with Crippen molar-refractivity contribution in [2.45, 2.75) is 31.3 Å². The number of hydrogen-bond donors (Lipinski definition) is 1. The average Bonchev–Trinajstić information content (AvgIpc) is 2.86. The highest BCUT2D eigenvalue weighted by Gasteiger charge is 2.37. The van der Waals surface area contributed by atoms with E-state index in [0.717, 1.165) is 25.9 Å². The third-order valence-corrected chi connectivity index (χ3v) is 4.40. The highest BCUT2D eigenvalue weighted by Crippen LogP contribution is 2.32. The highest BCUT2D eigenvalue weighted by atomic mass is 79.9. The molecule has 5 heteroatoms. The Morgan fingerprint density at radius 2 is 1.89 bits per heavy atom. The van der Waals surface area contributed by atoms with Crippen molar-refractivity contribution in [2.24, 2.45) is 0 Å². The first-order chi connectivity index (χ1) is 8.65. The van der Waals surface area contributed by atoms with Crippen LogP contribution < -0.4 is 5.32 Å². The fourth-order valence-electron chi connectivity index (χ4n) is 3.12. The van der Waals surface area contributed by atoms with Crippen LogP contribution in [0.15, 0.2) is 16.6 Å². The number of nitrogens with one attached hydrogen (secondary N) is 1. The van der Waals surface area contributed by atoms with E-state index in [1.807, 2.05) is 0 Å². The minimum Gasteiger partial charge on any atom is -0.376 e. The van der Waals surface area contributed by atoms with Gasteiger partial charge in [0.2, 0.25) is 0 Å². The first kappa shape index (κ1) is 12.4. The Balaban J connectivity index is 1.81. The predicted octanol–water partition coefficient (Wildman–Crippen LogP) is 3.38. The fraction of sp³-hybridized carbons (Fsp3) is 0.538. The van der Waals surface area contributed by atoms with Crippen molar-refractivity contribution in [1.82, 2.24) is 4.90 Å². The molecule has 0 bridgehead atoms. The largest absolute Gasteiger partial charge is 0.376 e. The summed E-state index contributed by atoms with van der Waals surface area (Å²) in [6.45, 7) is 2.15. The van der Waals surface area contributed by atoms with Crippen molar-refractivity contribution >= 4 is 21.6 Å². The van der Waals surface area contributed by atoms with Gasteiger partial charge in [0, 0.05) is 23.1 Å². The SMILES string of the molecule is Fc1cc(Br)cc(F)c1NC1CCN2CCCC12. The number of nitrogens with zero attached hydrogens (tertiary/aromatic N) is 1. The fourth-order valence-corrected chi connectivity index (χ4v) is 3.52. The summed E-state index contributed by atoms with van der Waals surface area (Å²) in [6, 6.07) is 3.20. The Morgan fingerprint density at radius 1 is 1.17 bits per heavy atom. The van der Waals surface area contributed by atoms with Gasteiger partial charge in [-0.05, 0) is 37.9 Å². The number of fused-ring (bicyclic) bond motifs is 1. The molecule has 1 aromatic carbocycles. The van der Waals surface area contributed by atoms with Crippen molar-refractivity contribution in [3.8, 4) is 0 Å². The number of benzene rings is 1. The molecular formula is C13H15BrF2N2. The minimum absolute atomic E-state index is 0.0111. The molecule has 0 saturated carbocycles. The molecule has 1 aromatic rings. The van der Waals surface area contributed by atoms with E-state index in [2.05, 4.69) is 26.1 Å². The van der Waals surface area contributed by atoms with Gasteiger partial charge in [0.05, 0.1) is 0 Å². The Bertz CT molecular complexity index is 443. The van der Waals surface area contributed by atoms with E-state index in [4.69, 9.17) is 0 Å². The second-order valence-electron chi connectivity index (χ2n) is 5.03. The molecule has 0 aromatic heterocycles. The summed E-state index contributed by atoms with van der Waals surface area (Å²) in [7, 11) is 0. The normalized spacial score (nSPS) is 27.5. The third kappa shape index (κ3) is 2.14. The van der Waals surface area contributed by atoms with Crippen LogP contribution in [0.1, 0.15) is 19.3 Å². The summed E-state index contributed by atoms with van der Waals surface area (Å²) in [5.74, 6) is -1.06. The summed E-state index contributed by atoms with van der Waals surface area (Å²) in [5, 5.41) is 3.06. The van der Waals surface area contributed by atoms with Gasteiger partial charge in [-0.3, -0.25) is 4.90 Å². The molecule has 2 aliphatic rings. The number of hydrogen-bond acceptors (Lipinski definition) is 2. The Kier molecular flexibility index (Phi) is 3.28. The lowest BCUT2D eigenvalue weighted by molar-refractivity contribution is 0.318. The molecule has 2 atom stereocenters. The van der Waals surface area contributed by atoms with Gasteiger partial charge in [-0.15, -0.1) is 0 Å². The second kappa shape index (κ2) is 4.78. The summed E-state index contributed by atoms with van der Waals surface area (Å²) in [4.78, 5) is 2.41. The molecule has 2 nitrogen and oxygen atoms in total. The van der Waals surface area contributed by atoms with Crippen molar-refractivity contribution in [2.75, 3.05) is 18.4 Å². The monoisotopic (exact) mass is 316 g/mol. The molecule has 2 saturated heterocycles. The van der Waals surface area contributed by atoms with Gasteiger partial charge in [-0.25, -0.2) is 8.78 Å². The van der Waals surface area contributed by atoms with Crippen molar-refractivity contribution in [3.05, 3.63) is 28.2 Å². The molecule has 0 amide bonds. The number of rotatable bonds is 2. The van der Waals surface area contributed by atoms with Crippen molar-refractivity contribution in [1.29, 1.82) is 0 Å². The average molecular weight is 317 g/mol. The molecule has 2 aliphatic heterocycles. The third-order valence-electron chi connectivity index (χ3n) is 3.94. The van der Waals surface area contributed by atoms with Crippen LogP contribution in [0.5, 0.6) is 0 Å². The van der Waals surface area contributed by atoms with E-state index in [1.165, 1.54) is 18.6 Å². The van der Waals surface area contributed by atoms with Gasteiger partial charge in [0.1, 0.15) is 17.3 Å². The summed E-state index contributed by atoms with van der Waals surface area (Å²) >= 11 is 3.09. The van der Waals surface area contributed by atoms with Gasteiger partial charge in [-0.2, -0.15) is 0 Å². The van der Waals surface area contributed by atoms with E-state index in [-0.39, 0.29) is 11.7 Å². The molecule has 3 rings (SSSR count). The van der Waals surface area contributed by atoms with Crippen LogP contribution in [-0.2, 0) is 0 Å². The lowest BCUT2D eigenvalue weighted by Crippen LogP contribution is -2.34. The Hall–Kier alpha value is -0.680. The van der Waals surface area contributed by atoms with Crippen LogP contribution in [0.3, 0.4) is 0 Å². The van der Waals surface area contributed by atoms with Crippen molar-refractivity contribution < 1.29 is 8.78 Å². The van der Waals surface area contributed by atoms with Crippen LogP contribution in [0.4, 0.5) is 14.5 Å². The Morgan fingerprint density at radius 3 is 2.61 bits per heavy atom. The second-order valence-corrected chi connectivity index (χ2v) is 5.95. The molecule has 0 aliphatic carbocycles. The summed E-state index contributed by atoms with van der Waals surface area (Å²) in [5.41, 5.74) is 0.0111. The topological polar surface area (TPSA) is 15.3 Å². The molecule has 0 spiro atoms. The van der Waals surface area contributed by atoms with E-state index in [9.17, 15) is 8.78 Å². The predicted molar refractivity (Wildman–Crippen MR) is 70.7 cm³/mol. The summed E-state index contributed by atoms with van der Waals surface area (Å²) < 4.78 is 28.0. The first-order valence-electron chi connectivity index (χ1n) is 6.30. The first-order valence-corrected chi connectivity index (χ1v) is 7.09. The maximum atomic E-state index is 13.8. The van der Waals surface area contributed by atoms with Crippen molar-refractivity contribution in [3.63, 3.8) is 0 Å². The quantitative estimate of drug-likeness (QED) is 0.900. The molecule has 2 unspecified atom stereocenters. The molecule has 1 N–H and O–H groups in total. The molecule has 18 heavy (non-hydrogen) atoms. The van der Waals surface area contributed by atoms with E-state index < -0.39 is 11.6 Å². The zero-order chi connectivity index (χ0) is 12.7. The number of halogens is 3. The standard InChI is InChI=1S/C13H15BrF2N2/c14-8-6-9(15)13(10(16)7-8)17-11-3-5-18-4-1-2-12(11)18/h6-7,11-12,17H,1-5H2. The molecule has 2 heterocycles. The van der Waals surface area contributed by atoms with Gasteiger partial charge in [-0.1, -0.05) is 15.9 Å². The minimum atomic E-state index is -0.529. The highest BCUT2D eigenvalue weighted by molar-refractivity contribution is 9.10. The van der Waals surface area contributed by atoms with Crippen LogP contribution >= 0.6 is 15.9 Å².